The minimum Gasteiger partial charge on any atom is -0.424 e. The van der Waals surface area contributed by atoms with Crippen LogP contribution in [0.3, 0.4) is 0 Å². The van der Waals surface area contributed by atoms with E-state index in [2.05, 4.69) is 15.2 Å². The fourth-order valence-electron chi connectivity index (χ4n) is 1.98. The lowest BCUT2D eigenvalue weighted by molar-refractivity contribution is 0.509. The number of nitrogen functional groups attached to an aromatic ring is 1. The number of nitrogens with two attached hydrogens (primary N) is 1. The maximum Gasteiger partial charge on any atom is 0.293 e. The van der Waals surface area contributed by atoms with Crippen LogP contribution in [0.15, 0.2) is 27.0 Å². The van der Waals surface area contributed by atoms with Crippen LogP contribution < -0.4 is 5.73 Å². The number of para-hydroxylation sites is 1. The predicted octanol–water partition coefficient (Wildman–Crippen LogP) is 2.34. The van der Waals surface area contributed by atoms with Crippen LogP contribution in [0.2, 0.25) is 0 Å². The first kappa shape index (κ1) is 9.64. The van der Waals surface area contributed by atoms with Crippen molar-refractivity contribution in [2.24, 2.45) is 0 Å². The van der Waals surface area contributed by atoms with E-state index in [1.54, 1.807) is 6.07 Å². The number of hydrogen-bond acceptors (Lipinski definition) is 6. The molecule has 1 aliphatic rings. The lowest BCUT2D eigenvalue weighted by Gasteiger charge is -1.94. The molecule has 18 heavy (non-hydrogen) atoms. The molecular weight excluding hydrogens is 232 g/mol. The molecule has 0 saturated heterocycles. The van der Waals surface area contributed by atoms with Gasteiger partial charge in [0.15, 0.2) is 5.58 Å². The number of hydrogen-bond donors (Lipinski definition) is 1. The van der Waals surface area contributed by atoms with Gasteiger partial charge in [-0.25, -0.2) is 0 Å². The van der Waals surface area contributed by atoms with Crippen LogP contribution in [-0.4, -0.2) is 15.2 Å². The van der Waals surface area contributed by atoms with Gasteiger partial charge in [-0.3, -0.25) is 0 Å². The van der Waals surface area contributed by atoms with E-state index in [0.29, 0.717) is 28.8 Å². The Morgan fingerprint density at radius 3 is 2.89 bits per heavy atom. The van der Waals surface area contributed by atoms with Crippen LogP contribution in [0.4, 0.5) is 6.01 Å². The summed E-state index contributed by atoms with van der Waals surface area (Å²) in [6.07, 6.45) is 2.26. The molecule has 3 aromatic rings. The molecule has 90 valence electrons. The first-order valence-electron chi connectivity index (χ1n) is 5.80. The molecule has 0 spiro atoms. The van der Waals surface area contributed by atoms with Gasteiger partial charge in [-0.2, -0.15) is 4.98 Å². The third-order valence-corrected chi connectivity index (χ3v) is 3.03. The zero-order valence-corrected chi connectivity index (χ0v) is 9.46. The zero-order valence-electron chi connectivity index (χ0n) is 9.46. The van der Waals surface area contributed by atoms with E-state index in [0.717, 1.165) is 18.4 Å². The van der Waals surface area contributed by atoms with Gasteiger partial charge in [0.05, 0.1) is 5.56 Å². The Kier molecular flexibility index (Phi) is 1.78. The van der Waals surface area contributed by atoms with Crippen LogP contribution in [0.1, 0.15) is 24.7 Å². The van der Waals surface area contributed by atoms with Crippen LogP contribution in [0.5, 0.6) is 0 Å². The van der Waals surface area contributed by atoms with Crippen LogP contribution >= 0.6 is 0 Å². The molecule has 0 unspecified atom stereocenters. The van der Waals surface area contributed by atoms with Crippen molar-refractivity contribution in [3.63, 3.8) is 0 Å². The normalized spacial score (nSPS) is 15.3. The summed E-state index contributed by atoms with van der Waals surface area (Å²) in [6, 6.07) is 5.66. The summed E-state index contributed by atoms with van der Waals surface area (Å²) in [5.74, 6) is 1.61. The van der Waals surface area contributed by atoms with E-state index in [4.69, 9.17) is 14.6 Å². The van der Waals surface area contributed by atoms with Crippen molar-refractivity contribution >= 4 is 17.1 Å². The maximum absolute atomic E-state index is 5.67. The van der Waals surface area contributed by atoms with Crippen LogP contribution in [0, 0.1) is 0 Å². The van der Waals surface area contributed by atoms with Gasteiger partial charge in [0.25, 0.3) is 6.01 Å². The van der Waals surface area contributed by atoms with Crippen molar-refractivity contribution in [1.29, 1.82) is 0 Å². The Morgan fingerprint density at radius 1 is 1.17 bits per heavy atom. The molecule has 1 fully saturated rings. The molecule has 1 saturated carbocycles. The SMILES string of the molecule is Nc1nc2c(-c3nnc(C4CC4)o3)cccc2o1. The van der Waals surface area contributed by atoms with Crippen LogP contribution in [-0.2, 0) is 0 Å². The summed E-state index contributed by atoms with van der Waals surface area (Å²) in [6.45, 7) is 0. The topological polar surface area (TPSA) is 91.0 Å². The molecule has 1 aliphatic carbocycles. The summed E-state index contributed by atoms with van der Waals surface area (Å²) in [5.41, 5.74) is 7.59. The Labute approximate surface area is 102 Å². The summed E-state index contributed by atoms with van der Waals surface area (Å²) >= 11 is 0. The van der Waals surface area contributed by atoms with Gasteiger partial charge in [-0.1, -0.05) is 6.07 Å². The average molecular weight is 242 g/mol. The number of anilines is 1. The van der Waals surface area contributed by atoms with E-state index in [9.17, 15) is 0 Å². The third-order valence-electron chi connectivity index (χ3n) is 3.03. The molecule has 0 amide bonds. The van der Waals surface area contributed by atoms with E-state index in [1.807, 2.05) is 12.1 Å². The van der Waals surface area contributed by atoms with Crippen molar-refractivity contribution in [2.75, 3.05) is 5.73 Å². The van der Waals surface area contributed by atoms with E-state index < -0.39 is 0 Å². The second-order valence-corrected chi connectivity index (χ2v) is 4.42. The first-order valence-corrected chi connectivity index (χ1v) is 5.80. The summed E-state index contributed by atoms with van der Waals surface area (Å²) in [7, 11) is 0. The second-order valence-electron chi connectivity index (χ2n) is 4.42. The minimum atomic E-state index is 0.138. The predicted molar refractivity (Wildman–Crippen MR) is 63.7 cm³/mol. The second kappa shape index (κ2) is 3.32. The largest absolute Gasteiger partial charge is 0.424 e. The molecule has 0 radical (unpaired) electrons. The van der Waals surface area contributed by atoms with Gasteiger partial charge in [0, 0.05) is 5.92 Å². The molecule has 6 heteroatoms. The molecule has 6 nitrogen and oxygen atoms in total. The van der Waals surface area contributed by atoms with Gasteiger partial charge < -0.3 is 14.6 Å². The highest BCUT2D eigenvalue weighted by Crippen LogP contribution is 2.40. The highest BCUT2D eigenvalue weighted by molar-refractivity contribution is 5.88. The number of benzene rings is 1. The van der Waals surface area contributed by atoms with Crippen LogP contribution in [0.25, 0.3) is 22.6 Å². The summed E-state index contributed by atoms with van der Waals surface area (Å²) in [5, 5.41) is 8.13. The lowest BCUT2D eigenvalue weighted by atomic mass is 10.2. The summed E-state index contributed by atoms with van der Waals surface area (Å²) in [4.78, 5) is 4.14. The number of rotatable bonds is 2. The van der Waals surface area contributed by atoms with E-state index in [-0.39, 0.29) is 6.01 Å². The van der Waals surface area contributed by atoms with Crippen molar-refractivity contribution in [3.8, 4) is 11.5 Å². The fourth-order valence-corrected chi connectivity index (χ4v) is 1.98. The molecule has 2 N–H and O–H groups in total. The quantitative estimate of drug-likeness (QED) is 0.741. The standard InChI is InChI=1S/C12H10N4O2/c13-12-14-9-7(2-1-3-8(9)17-12)11-16-15-10(18-11)6-4-5-6/h1-3,6H,4-5H2,(H2,13,14). The molecule has 4 rings (SSSR count). The zero-order chi connectivity index (χ0) is 12.1. The van der Waals surface area contributed by atoms with Crippen molar-refractivity contribution < 1.29 is 8.83 Å². The van der Waals surface area contributed by atoms with E-state index >= 15 is 0 Å². The number of aromatic nitrogens is 3. The highest BCUT2D eigenvalue weighted by Gasteiger charge is 2.29. The molecular formula is C12H10N4O2. The number of oxazole rings is 1. The number of fused-ring (bicyclic) bond motifs is 1. The van der Waals surface area contributed by atoms with Gasteiger partial charge in [0.1, 0.15) is 5.52 Å². The van der Waals surface area contributed by atoms with Crippen molar-refractivity contribution in [3.05, 3.63) is 24.1 Å². The highest BCUT2D eigenvalue weighted by atomic mass is 16.4. The van der Waals surface area contributed by atoms with E-state index in [1.165, 1.54) is 0 Å². The third kappa shape index (κ3) is 1.38. The maximum atomic E-state index is 5.67. The Balaban J connectivity index is 1.89. The average Bonchev–Trinajstić information content (AvgIpc) is 2.97. The first-order chi connectivity index (χ1) is 8.81. The molecule has 0 atom stereocenters. The molecule has 2 heterocycles. The fraction of sp³-hybridized carbons (Fsp3) is 0.250. The van der Waals surface area contributed by atoms with Gasteiger partial charge in [0.2, 0.25) is 11.8 Å². The Morgan fingerprint density at radius 2 is 2.06 bits per heavy atom. The molecule has 0 aliphatic heterocycles. The van der Waals surface area contributed by atoms with Crippen molar-refractivity contribution in [2.45, 2.75) is 18.8 Å². The summed E-state index contributed by atoms with van der Waals surface area (Å²) < 4.78 is 10.9. The number of nitrogens with zero attached hydrogens (tertiary/aromatic N) is 3. The van der Waals surface area contributed by atoms with Gasteiger partial charge in [-0.15, -0.1) is 10.2 Å². The molecule has 2 aromatic heterocycles. The monoisotopic (exact) mass is 242 g/mol. The van der Waals surface area contributed by atoms with Gasteiger partial charge >= 0.3 is 0 Å². The Hall–Kier alpha value is -2.37. The molecule has 0 bridgehead atoms. The van der Waals surface area contributed by atoms with Gasteiger partial charge in [-0.05, 0) is 25.0 Å². The lowest BCUT2D eigenvalue weighted by Crippen LogP contribution is -1.83. The Bertz CT molecular complexity index is 727. The van der Waals surface area contributed by atoms with Crippen molar-refractivity contribution in [1.82, 2.24) is 15.2 Å². The smallest absolute Gasteiger partial charge is 0.293 e. The molecule has 1 aromatic carbocycles. The minimum absolute atomic E-state index is 0.138.